The minimum atomic E-state index is -0.432. The van der Waals surface area contributed by atoms with Crippen LogP contribution in [0.4, 0.5) is 0 Å². The number of rotatable bonds is 4. The second kappa shape index (κ2) is 5.46. The summed E-state index contributed by atoms with van der Waals surface area (Å²) in [6.07, 6.45) is 1.58. The number of nitrogens with one attached hydrogen (secondary N) is 1. The van der Waals surface area contributed by atoms with E-state index in [9.17, 15) is 4.79 Å². The van der Waals surface area contributed by atoms with Gasteiger partial charge in [0.2, 0.25) is 0 Å². The number of benzene rings is 1. The van der Waals surface area contributed by atoms with Crippen LogP contribution in [0.1, 0.15) is 29.9 Å². The fourth-order valence-electron chi connectivity index (χ4n) is 1.87. The zero-order valence-corrected chi connectivity index (χ0v) is 12.1. The summed E-state index contributed by atoms with van der Waals surface area (Å²) >= 11 is 0. The Morgan fingerprint density at radius 3 is 2.60 bits per heavy atom. The summed E-state index contributed by atoms with van der Waals surface area (Å²) in [5, 5.41) is 7.10. The second-order valence-electron chi connectivity index (χ2n) is 5.56. The molecule has 0 spiro atoms. The minimum absolute atomic E-state index is 0.150. The molecule has 0 aliphatic rings. The number of hydrogen-bond donors (Lipinski definition) is 2. The maximum absolute atomic E-state index is 12.1. The Labute approximate surface area is 118 Å². The molecule has 5 nitrogen and oxygen atoms in total. The van der Waals surface area contributed by atoms with E-state index in [4.69, 9.17) is 5.73 Å². The van der Waals surface area contributed by atoms with Gasteiger partial charge in [-0.3, -0.25) is 4.79 Å². The molecule has 1 heterocycles. The first kappa shape index (κ1) is 14.3. The third kappa shape index (κ3) is 3.24. The highest BCUT2D eigenvalue weighted by Crippen LogP contribution is 2.13. The molecule has 0 atom stereocenters. The monoisotopic (exact) mass is 272 g/mol. The molecule has 0 fully saturated rings. The Morgan fingerprint density at radius 1 is 1.35 bits per heavy atom. The van der Waals surface area contributed by atoms with Crippen molar-refractivity contribution in [3.63, 3.8) is 0 Å². The van der Waals surface area contributed by atoms with Gasteiger partial charge in [-0.1, -0.05) is 18.2 Å². The van der Waals surface area contributed by atoms with Crippen molar-refractivity contribution in [2.75, 3.05) is 6.54 Å². The highest BCUT2D eigenvalue weighted by molar-refractivity contribution is 5.95. The summed E-state index contributed by atoms with van der Waals surface area (Å²) in [5.41, 5.74) is 7.74. The van der Waals surface area contributed by atoms with E-state index in [0.29, 0.717) is 12.1 Å². The summed E-state index contributed by atoms with van der Waals surface area (Å²) in [6, 6.07) is 9.72. The van der Waals surface area contributed by atoms with Crippen molar-refractivity contribution in [1.29, 1.82) is 0 Å². The van der Waals surface area contributed by atoms with Gasteiger partial charge in [0.15, 0.2) is 0 Å². The molecule has 0 aliphatic carbocycles. The number of nitrogens with two attached hydrogens (primary N) is 1. The number of carbonyl (C=O) groups excluding carboxylic acids is 1. The summed E-state index contributed by atoms with van der Waals surface area (Å²) in [5.74, 6) is -0.150. The fraction of sp³-hybridized carbons (Fsp3) is 0.333. The first-order valence-corrected chi connectivity index (χ1v) is 6.55. The molecule has 0 saturated heterocycles. The Kier molecular flexibility index (Phi) is 3.90. The van der Waals surface area contributed by atoms with E-state index >= 15 is 0 Å². The van der Waals surface area contributed by atoms with Crippen molar-refractivity contribution in [3.05, 3.63) is 47.8 Å². The molecule has 2 aromatic rings. The van der Waals surface area contributed by atoms with E-state index in [0.717, 1.165) is 11.4 Å². The Morgan fingerprint density at radius 2 is 2.00 bits per heavy atom. The van der Waals surface area contributed by atoms with Crippen LogP contribution in [0, 0.1) is 6.92 Å². The minimum Gasteiger partial charge on any atom is -0.350 e. The molecule has 0 bridgehead atoms. The van der Waals surface area contributed by atoms with E-state index in [-0.39, 0.29) is 5.91 Å². The van der Waals surface area contributed by atoms with Crippen LogP contribution in [-0.2, 0) is 0 Å². The lowest BCUT2D eigenvalue weighted by atomic mass is 10.1. The number of carbonyl (C=O) groups is 1. The van der Waals surface area contributed by atoms with E-state index in [1.165, 1.54) is 0 Å². The van der Waals surface area contributed by atoms with Gasteiger partial charge in [0.05, 0.1) is 23.1 Å². The fourth-order valence-corrected chi connectivity index (χ4v) is 1.87. The number of para-hydroxylation sites is 1. The summed E-state index contributed by atoms with van der Waals surface area (Å²) in [4.78, 5) is 12.1. The van der Waals surface area contributed by atoms with Crippen molar-refractivity contribution in [2.24, 2.45) is 5.73 Å². The Hall–Kier alpha value is -2.14. The van der Waals surface area contributed by atoms with Gasteiger partial charge in [0, 0.05) is 12.1 Å². The van der Waals surface area contributed by atoms with E-state index in [1.54, 1.807) is 10.9 Å². The number of nitrogens with zero attached hydrogens (tertiary/aromatic N) is 2. The molecule has 1 aromatic heterocycles. The van der Waals surface area contributed by atoms with Crippen molar-refractivity contribution in [2.45, 2.75) is 26.3 Å². The Bertz CT molecular complexity index is 596. The third-order valence-corrected chi connectivity index (χ3v) is 2.96. The Balaban J connectivity index is 2.19. The van der Waals surface area contributed by atoms with Crippen molar-refractivity contribution in [3.8, 4) is 5.69 Å². The number of aromatic nitrogens is 2. The largest absolute Gasteiger partial charge is 0.350 e. The standard InChI is InChI=1S/C15H20N4O/c1-11-13(14(20)17-10-15(2,3)16)9-18-19(11)12-7-5-4-6-8-12/h4-9H,10,16H2,1-3H3,(H,17,20). The van der Waals surface area contributed by atoms with Gasteiger partial charge in [0.1, 0.15) is 0 Å². The predicted octanol–water partition coefficient (Wildman–Crippen LogP) is 1.65. The summed E-state index contributed by atoms with van der Waals surface area (Å²) in [7, 11) is 0. The first-order valence-electron chi connectivity index (χ1n) is 6.55. The highest BCUT2D eigenvalue weighted by Gasteiger charge is 2.17. The van der Waals surface area contributed by atoms with Gasteiger partial charge in [0.25, 0.3) is 5.91 Å². The van der Waals surface area contributed by atoms with Gasteiger partial charge in [-0.05, 0) is 32.9 Å². The molecule has 0 aliphatic heterocycles. The van der Waals surface area contributed by atoms with Crippen LogP contribution in [0.2, 0.25) is 0 Å². The quantitative estimate of drug-likeness (QED) is 0.888. The lowest BCUT2D eigenvalue weighted by Gasteiger charge is -2.18. The van der Waals surface area contributed by atoms with E-state index in [1.807, 2.05) is 51.1 Å². The van der Waals surface area contributed by atoms with Crippen LogP contribution in [0.15, 0.2) is 36.5 Å². The average molecular weight is 272 g/mol. The van der Waals surface area contributed by atoms with Crippen molar-refractivity contribution in [1.82, 2.24) is 15.1 Å². The predicted molar refractivity (Wildman–Crippen MR) is 78.9 cm³/mol. The summed E-state index contributed by atoms with van der Waals surface area (Å²) in [6.45, 7) is 6.03. The third-order valence-electron chi connectivity index (χ3n) is 2.96. The van der Waals surface area contributed by atoms with Gasteiger partial charge in [-0.2, -0.15) is 5.10 Å². The first-order chi connectivity index (χ1) is 9.38. The van der Waals surface area contributed by atoms with Crippen LogP contribution in [0.5, 0.6) is 0 Å². The van der Waals surface area contributed by atoms with E-state index < -0.39 is 5.54 Å². The van der Waals surface area contributed by atoms with Gasteiger partial charge < -0.3 is 11.1 Å². The molecule has 106 valence electrons. The lowest BCUT2D eigenvalue weighted by molar-refractivity contribution is 0.0945. The molecule has 0 saturated carbocycles. The topological polar surface area (TPSA) is 72.9 Å². The van der Waals surface area contributed by atoms with Gasteiger partial charge in [-0.25, -0.2) is 4.68 Å². The highest BCUT2D eigenvalue weighted by atomic mass is 16.1. The SMILES string of the molecule is Cc1c(C(=O)NCC(C)(C)N)cnn1-c1ccccc1. The maximum Gasteiger partial charge on any atom is 0.254 e. The second-order valence-corrected chi connectivity index (χ2v) is 5.56. The smallest absolute Gasteiger partial charge is 0.254 e. The molecule has 20 heavy (non-hydrogen) atoms. The molecule has 2 rings (SSSR count). The van der Waals surface area contributed by atoms with Crippen LogP contribution in [0.3, 0.4) is 0 Å². The summed E-state index contributed by atoms with van der Waals surface area (Å²) < 4.78 is 1.75. The van der Waals surface area contributed by atoms with Crippen LogP contribution >= 0.6 is 0 Å². The van der Waals surface area contributed by atoms with Crippen LogP contribution in [0.25, 0.3) is 5.69 Å². The van der Waals surface area contributed by atoms with Crippen LogP contribution < -0.4 is 11.1 Å². The molecule has 1 amide bonds. The van der Waals surface area contributed by atoms with Gasteiger partial charge >= 0.3 is 0 Å². The maximum atomic E-state index is 12.1. The zero-order chi connectivity index (χ0) is 14.8. The molecule has 0 radical (unpaired) electrons. The average Bonchev–Trinajstić information content (AvgIpc) is 2.78. The molecule has 0 unspecified atom stereocenters. The molecular weight excluding hydrogens is 252 g/mol. The molecular formula is C15H20N4O. The number of amides is 1. The van der Waals surface area contributed by atoms with Crippen molar-refractivity contribution >= 4 is 5.91 Å². The van der Waals surface area contributed by atoms with Crippen LogP contribution in [-0.4, -0.2) is 27.8 Å². The number of hydrogen-bond acceptors (Lipinski definition) is 3. The molecule has 3 N–H and O–H groups in total. The van der Waals surface area contributed by atoms with E-state index in [2.05, 4.69) is 10.4 Å². The molecule has 1 aromatic carbocycles. The van der Waals surface area contributed by atoms with Gasteiger partial charge in [-0.15, -0.1) is 0 Å². The molecule has 5 heteroatoms. The zero-order valence-electron chi connectivity index (χ0n) is 12.1. The lowest BCUT2D eigenvalue weighted by Crippen LogP contribution is -2.45. The van der Waals surface area contributed by atoms with Crippen molar-refractivity contribution < 1.29 is 4.79 Å². The normalized spacial score (nSPS) is 11.4.